The van der Waals surface area contributed by atoms with Crippen LogP contribution >= 0.6 is 0 Å². The van der Waals surface area contributed by atoms with Gasteiger partial charge in [-0.05, 0) is 19.4 Å². The summed E-state index contributed by atoms with van der Waals surface area (Å²) in [4.78, 5) is 11.1. The molecule has 0 N–H and O–H groups in total. The average Bonchev–Trinajstić information content (AvgIpc) is 2.43. The Morgan fingerprint density at radius 3 is 2.55 bits per heavy atom. The third kappa shape index (κ3) is 5.41. The van der Waals surface area contributed by atoms with Crippen molar-refractivity contribution < 1.29 is 14.3 Å². The number of carbonyl (C=O) groups is 1. The van der Waals surface area contributed by atoms with Crippen molar-refractivity contribution >= 4 is 5.97 Å². The average molecular weight is 275 g/mol. The molecule has 4 nitrogen and oxygen atoms in total. The minimum absolute atomic E-state index is 0.374. The Balaban J connectivity index is 2.43. The van der Waals surface area contributed by atoms with Crippen molar-refractivity contribution in [3.8, 4) is 6.07 Å². The third-order valence-corrected chi connectivity index (χ3v) is 3.04. The zero-order chi connectivity index (χ0) is 15.0. The minimum Gasteiger partial charge on any atom is -0.461 e. The predicted octanol–water partition coefficient (Wildman–Crippen LogP) is 3.07. The molecule has 1 rings (SSSR count). The number of benzene rings is 1. The number of nitrogens with zero attached hydrogens (tertiary/aromatic N) is 1. The van der Waals surface area contributed by atoms with E-state index in [-0.39, 0.29) is 5.97 Å². The van der Waals surface area contributed by atoms with Crippen LogP contribution in [0.15, 0.2) is 30.3 Å². The van der Waals surface area contributed by atoms with E-state index in [1.165, 1.54) is 6.92 Å². The lowest BCUT2D eigenvalue weighted by molar-refractivity contribution is -0.151. The fourth-order valence-corrected chi connectivity index (χ4v) is 1.79. The van der Waals surface area contributed by atoms with E-state index in [1.54, 1.807) is 13.8 Å². The summed E-state index contributed by atoms with van der Waals surface area (Å²) in [7, 11) is 0. The molecule has 0 spiro atoms. The number of carbonyl (C=O) groups excluding carboxylic acids is 1. The SMILES string of the molecule is CC(=O)O[C@H](CCOCc1ccccc1)C(C)(C)C#N. The lowest BCUT2D eigenvalue weighted by Gasteiger charge is -2.27. The lowest BCUT2D eigenvalue weighted by Crippen LogP contribution is -2.33. The summed E-state index contributed by atoms with van der Waals surface area (Å²) in [6.45, 7) is 5.83. The summed E-state index contributed by atoms with van der Waals surface area (Å²) in [6, 6.07) is 12.0. The maximum Gasteiger partial charge on any atom is 0.302 e. The molecule has 1 aromatic rings. The number of esters is 1. The van der Waals surface area contributed by atoms with Gasteiger partial charge in [0.1, 0.15) is 6.10 Å². The molecule has 0 radical (unpaired) electrons. The second kappa shape index (κ2) is 7.66. The fraction of sp³-hybridized carbons (Fsp3) is 0.500. The highest BCUT2D eigenvalue weighted by Gasteiger charge is 2.31. The summed E-state index contributed by atoms with van der Waals surface area (Å²) in [6.07, 6.45) is 0.0493. The molecule has 1 aromatic carbocycles. The van der Waals surface area contributed by atoms with E-state index in [4.69, 9.17) is 14.7 Å². The Morgan fingerprint density at radius 2 is 2.00 bits per heavy atom. The Labute approximate surface area is 120 Å². The summed E-state index contributed by atoms with van der Waals surface area (Å²) in [5.74, 6) is -0.374. The van der Waals surface area contributed by atoms with Crippen LogP contribution in [0.3, 0.4) is 0 Å². The first-order chi connectivity index (χ1) is 9.45. The molecule has 20 heavy (non-hydrogen) atoms. The fourth-order valence-electron chi connectivity index (χ4n) is 1.79. The van der Waals surface area contributed by atoms with Crippen LogP contribution in [0.4, 0.5) is 0 Å². The summed E-state index contributed by atoms with van der Waals surface area (Å²) in [5.41, 5.74) is 0.373. The van der Waals surface area contributed by atoms with Gasteiger partial charge in [-0.25, -0.2) is 0 Å². The first-order valence-corrected chi connectivity index (χ1v) is 6.66. The normalized spacial score (nSPS) is 12.5. The highest BCUT2D eigenvalue weighted by molar-refractivity contribution is 5.66. The molecule has 0 bridgehead atoms. The molecule has 0 aliphatic heterocycles. The standard InChI is InChI=1S/C16H21NO3/c1-13(18)20-15(16(2,3)12-17)9-10-19-11-14-7-5-4-6-8-14/h4-8,15H,9-11H2,1-3H3/t15-/m1/s1. The largest absolute Gasteiger partial charge is 0.461 e. The number of rotatable bonds is 7. The second-order valence-electron chi connectivity index (χ2n) is 5.26. The Kier molecular flexibility index (Phi) is 6.20. The molecule has 0 fully saturated rings. The maximum absolute atomic E-state index is 11.1. The van der Waals surface area contributed by atoms with Crippen LogP contribution in [0.5, 0.6) is 0 Å². The zero-order valence-corrected chi connectivity index (χ0v) is 12.3. The van der Waals surface area contributed by atoms with Gasteiger partial charge in [0.15, 0.2) is 0 Å². The van der Waals surface area contributed by atoms with Gasteiger partial charge in [-0.2, -0.15) is 5.26 Å². The van der Waals surface area contributed by atoms with E-state index < -0.39 is 11.5 Å². The van der Waals surface area contributed by atoms with E-state index in [1.807, 2.05) is 30.3 Å². The minimum atomic E-state index is -0.720. The van der Waals surface area contributed by atoms with E-state index in [0.29, 0.717) is 19.6 Å². The molecule has 0 aliphatic rings. The van der Waals surface area contributed by atoms with Crippen LogP contribution in [0.25, 0.3) is 0 Å². The van der Waals surface area contributed by atoms with Gasteiger partial charge in [-0.3, -0.25) is 4.79 Å². The molecule has 0 saturated heterocycles. The van der Waals surface area contributed by atoms with Gasteiger partial charge in [0, 0.05) is 13.3 Å². The smallest absolute Gasteiger partial charge is 0.302 e. The number of hydrogen-bond acceptors (Lipinski definition) is 4. The first-order valence-electron chi connectivity index (χ1n) is 6.66. The number of ether oxygens (including phenoxy) is 2. The summed E-state index contributed by atoms with van der Waals surface area (Å²) in [5, 5.41) is 9.13. The van der Waals surface area contributed by atoms with Crippen molar-refractivity contribution in [1.82, 2.24) is 0 Å². The first kappa shape index (κ1) is 16.2. The van der Waals surface area contributed by atoms with Crippen LogP contribution in [0.2, 0.25) is 0 Å². The molecule has 0 aliphatic carbocycles. The van der Waals surface area contributed by atoms with Gasteiger partial charge in [0.05, 0.1) is 24.7 Å². The number of hydrogen-bond donors (Lipinski definition) is 0. The van der Waals surface area contributed by atoms with Crippen LogP contribution < -0.4 is 0 Å². The van der Waals surface area contributed by atoms with Crippen LogP contribution in [0.1, 0.15) is 32.8 Å². The topological polar surface area (TPSA) is 59.3 Å². The van der Waals surface area contributed by atoms with Gasteiger partial charge >= 0.3 is 5.97 Å². The molecule has 108 valence electrons. The molecule has 1 atom stereocenters. The van der Waals surface area contributed by atoms with Gasteiger partial charge < -0.3 is 9.47 Å². The van der Waals surface area contributed by atoms with E-state index in [2.05, 4.69) is 6.07 Å². The summed E-state index contributed by atoms with van der Waals surface area (Å²) < 4.78 is 10.8. The molecule has 0 amide bonds. The molecule has 0 heterocycles. The third-order valence-electron chi connectivity index (χ3n) is 3.04. The van der Waals surface area contributed by atoms with E-state index in [0.717, 1.165) is 5.56 Å². The van der Waals surface area contributed by atoms with E-state index >= 15 is 0 Å². The molecular formula is C16H21NO3. The van der Waals surface area contributed by atoms with Gasteiger partial charge in [-0.15, -0.1) is 0 Å². The van der Waals surface area contributed by atoms with Crippen LogP contribution in [0, 0.1) is 16.7 Å². The Bertz CT molecular complexity index is 462. The highest BCUT2D eigenvalue weighted by atomic mass is 16.5. The van der Waals surface area contributed by atoms with Crippen molar-refractivity contribution in [2.24, 2.45) is 5.41 Å². The molecular weight excluding hydrogens is 254 g/mol. The molecule has 4 heteroatoms. The molecule has 0 unspecified atom stereocenters. The second-order valence-corrected chi connectivity index (χ2v) is 5.26. The summed E-state index contributed by atoms with van der Waals surface area (Å²) >= 11 is 0. The van der Waals surface area contributed by atoms with Crippen molar-refractivity contribution in [3.05, 3.63) is 35.9 Å². The van der Waals surface area contributed by atoms with Crippen LogP contribution in [-0.2, 0) is 20.9 Å². The van der Waals surface area contributed by atoms with Crippen molar-refractivity contribution in [3.63, 3.8) is 0 Å². The Hall–Kier alpha value is -1.86. The van der Waals surface area contributed by atoms with E-state index in [9.17, 15) is 4.79 Å². The Morgan fingerprint density at radius 1 is 1.35 bits per heavy atom. The number of nitriles is 1. The van der Waals surface area contributed by atoms with Crippen LogP contribution in [-0.4, -0.2) is 18.7 Å². The van der Waals surface area contributed by atoms with Crippen molar-refractivity contribution in [2.45, 2.75) is 39.9 Å². The lowest BCUT2D eigenvalue weighted by atomic mass is 9.86. The zero-order valence-electron chi connectivity index (χ0n) is 12.3. The molecule has 0 aromatic heterocycles. The van der Waals surface area contributed by atoms with Gasteiger partial charge in [0.25, 0.3) is 0 Å². The van der Waals surface area contributed by atoms with Crippen molar-refractivity contribution in [1.29, 1.82) is 5.26 Å². The van der Waals surface area contributed by atoms with Gasteiger partial charge in [-0.1, -0.05) is 30.3 Å². The van der Waals surface area contributed by atoms with Gasteiger partial charge in [0.2, 0.25) is 0 Å². The highest BCUT2D eigenvalue weighted by Crippen LogP contribution is 2.25. The quantitative estimate of drug-likeness (QED) is 0.567. The monoisotopic (exact) mass is 275 g/mol. The maximum atomic E-state index is 11.1. The van der Waals surface area contributed by atoms with Crippen molar-refractivity contribution in [2.75, 3.05) is 6.61 Å². The molecule has 0 saturated carbocycles. The predicted molar refractivity (Wildman–Crippen MR) is 75.7 cm³/mol.